The monoisotopic (exact) mass is 470 g/mol. The van der Waals surface area contributed by atoms with Crippen molar-refractivity contribution < 1.29 is 45.2 Å². The molecule has 9 nitrogen and oxygen atoms in total. The number of benzene rings is 1. The van der Waals surface area contributed by atoms with E-state index in [1.807, 2.05) is 24.3 Å². The van der Waals surface area contributed by atoms with E-state index in [-0.39, 0.29) is 13.0 Å². The van der Waals surface area contributed by atoms with Crippen molar-refractivity contribution >= 4 is 0 Å². The highest BCUT2D eigenvalue weighted by atomic mass is 16.5. The van der Waals surface area contributed by atoms with Gasteiger partial charge in [0.1, 0.15) is 30.5 Å². The topological polar surface area (TPSA) is 160 Å². The quantitative estimate of drug-likeness (QED) is 0.229. The van der Waals surface area contributed by atoms with Crippen LogP contribution in [0.3, 0.4) is 0 Å². The Bertz CT molecular complexity index is 698. The lowest BCUT2D eigenvalue weighted by Crippen LogP contribution is -2.58. The maximum atomic E-state index is 10.1. The summed E-state index contributed by atoms with van der Waals surface area (Å²) < 4.78 is 11.2. The van der Waals surface area contributed by atoms with Crippen molar-refractivity contribution in [3.8, 4) is 0 Å². The third-order valence-corrected chi connectivity index (χ3v) is 6.77. The first-order valence-electron chi connectivity index (χ1n) is 11.8. The molecule has 2 heterocycles. The minimum atomic E-state index is -1.34. The molecule has 2 saturated heterocycles. The Morgan fingerprint density at radius 2 is 1.15 bits per heavy atom. The van der Waals surface area contributed by atoms with Crippen LogP contribution in [0.5, 0.6) is 0 Å². The fourth-order valence-corrected chi connectivity index (χ4v) is 4.70. The molecule has 2 aliphatic rings. The number of rotatable bonds is 10. The van der Waals surface area contributed by atoms with Gasteiger partial charge in [0.15, 0.2) is 0 Å². The van der Waals surface area contributed by atoms with Crippen molar-refractivity contribution in [2.45, 2.75) is 99.9 Å². The summed E-state index contributed by atoms with van der Waals surface area (Å²) in [5.74, 6) is 0. The van der Waals surface area contributed by atoms with Crippen LogP contribution < -0.4 is 0 Å². The standard InChI is InChI=1S/C24H38O9/c25-12-16-11-17(27)21(28)18(32-16)5-1-3-14-7-9-15(10-8-14)4-2-6-19-22(29)24(31)23(30)20(13-26)33-19/h7-10,16-31H,1-6,11-13H2/t16-,17-,18+,19+,20+,21-,22+,23+,24?/m0/s1. The van der Waals surface area contributed by atoms with E-state index >= 15 is 0 Å². The van der Waals surface area contributed by atoms with Gasteiger partial charge in [-0.05, 0) is 49.7 Å². The van der Waals surface area contributed by atoms with Gasteiger partial charge in [0, 0.05) is 6.42 Å². The van der Waals surface area contributed by atoms with Gasteiger partial charge in [-0.1, -0.05) is 24.3 Å². The van der Waals surface area contributed by atoms with E-state index in [1.54, 1.807) is 0 Å². The number of hydrogen-bond donors (Lipinski definition) is 7. The highest BCUT2D eigenvalue weighted by molar-refractivity contribution is 5.22. The minimum absolute atomic E-state index is 0.169. The van der Waals surface area contributed by atoms with Gasteiger partial charge in [-0.2, -0.15) is 0 Å². The summed E-state index contributed by atoms with van der Waals surface area (Å²) in [7, 11) is 0. The maximum absolute atomic E-state index is 10.1. The van der Waals surface area contributed by atoms with Gasteiger partial charge in [-0.3, -0.25) is 0 Å². The fourth-order valence-electron chi connectivity index (χ4n) is 4.70. The molecule has 188 valence electrons. The van der Waals surface area contributed by atoms with Crippen LogP contribution in [0.15, 0.2) is 24.3 Å². The van der Waals surface area contributed by atoms with E-state index in [0.29, 0.717) is 19.3 Å². The SMILES string of the molecule is OC[C@@H]1C[C@H](O)[C@H](O)[C@@H](CCCc2ccc(CCC[C@H]3O[C@H](CO)[C@@H](O)C(O)[C@@H]3O)cc2)O1. The van der Waals surface area contributed by atoms with Gasteiger partial charge in [0.2, 0.25) is 0 Å². The van der Waals surface area contributed by atoms with Gasteiger partial charge in [0.25, 0.3) is 0 Å². The second-order valence-corrected chi connectivity index (χ2v) is 9.24. The molecule has 0 aromatic heterocycles. The lowest BCUT2D eigenvalue weighted by molar-refractivity contribution is -0.230. The van der Waals surface area contributed by atoms with Gasteiger partial charge < -0.3 is 45.2 Å². The summed E-state index contributed by atoms with van der Waals surface area (Å²) in [6.45, 7) is -0.588. The molecular formula is C24H38O9. The van der Waals surface area contributed by atoms with Crippen LogP contribution in [0, 0.1) is 0 Å². The van der Waals surface area contributed by atoms with E-state index < -0.39 is 61.5 Å². The van der Waals surface area contributed by atoms with Crippen LogP contribution in [0.1, 0.15) is 43.2 Å². The van der Waals surface area contributed by atoms with Crippen molar-refractivity contribution in [3.63, 3.8) is 0 Å². The lowest BCUT2D eigenvalue weighted by atomic mass is 9.92. The fraction of sp³-hybridized carbons (Fsp3) is 0.750. The molecule has 1 aromatic rings. The number of aryl methyl sites for hydroxylation is 2. The molecule has 2 fully saturated rings. The molecule has 0 bridgehead atoms. The Morgan fingerprint density at radius 1 is 0.636 bits per heavy atom. The second kappa shape index (κ2) is 12.5. The molecule has 0 saturated carbocycles. The van der Waals surface area contributed by atoms with Crippen LogP contribution in [0.25, 0.3) is 0 Å². The normalized spacial score (nSPS) is 37.2. The van der Waals surface area contributed by atoms with Crippen molar-refractivity contribution in [2.24, 2.45) is 0 Å². The molecule has 7 N–H and O–H groups in total. The van der Waals surface area contributed by atoms with Crippen LogP contribution in [0.2, 0.25) is 0 Å². The lowest BCUT2D eigenvalue weighted by Gasteiger charge is -2.40. The van der Waals surface area contributed by atoms with Gasteiger partial charge in [-0.25, -0.2) is 0 Å². The predicted molar refractivity (Wildman–Crippen MR) is 118 cm³/mol. The molecule has 2 aliphatic heterocycles. The highest BCUT2D eigenvalue weighted by Crippen LogP contribution is 2.26. The molecule has 3 rings (SSSR count). The zero-order valence-electron chi connectivity index (χ0n) is 18.8. The first kappa shape index (κ1) is 26.5. The summed E-state index contributed by atoms with van der Waals surface area (Å²) in [6.07, 6.45) is -3.69. The third kappa shape index (κ3) is 6.94. The molecule has 9 heteroatoms. The third-order valence-electron chi connectivity index (χ3n) is 6.77. The van der Waals surface area contributed by atoms with Crippen molar-refractivity contribution in [3.05, 3.63) is 35.4 Å². The number of ether oxygens (including phenoxy) is 2. The van der Waals surface area contributed by atoms with Gasteiger partial charge in [0.05, 0.1) is 37.6 Å². The van der Waals surface area contributed by atoms with Crippen LogP contribution in [-0.4, -0.2) is 104 Å². The van der Waals surface area contributed by atoms with Crippen molar-refractivity contribution in [1.82, 2.24) is 0 Å². The Morgan fingerprint density at radius 3 is 1.67 bits per heavy atom. The molecule has 1 unspecified atom stereocenters. The van der Waals surface area contributed by atoms with E-state index in [1.165, 1.54) is 0 Å². The van der Waals surface area contributed by atoms with Crippen LogP contribution in [-0.2, 0) is 22.3 Å². The Labute approximate surface area is 194 Å². The summed E-state index contributed by atoms with van der Waals surface area (Å²) >= 11 is 0. The predicted octanol–water partition coefficient (Wildman–Crippen LogP) is -0.954. The second-order valence-electron chi connectivity index (χ2n) is 9.24. The zero-order valence-corrected chi connectivity index (χ0v) is 18.8. The molecule has 9 atom stereocenters. The maximum Gasteiger partial charge on any atom is 0.111 e. The molecule has 33 heavy (non-hydrogen) atoms. The number of aliphatic hydroxyl groups excluding tert-OH is 7. The smallest absolute Gasteiger partial charge is 0.111 e. The van der Waals surface area contributed by atoms with Crippen LogP contribution >= 0.6 is 0 Å². The molecule has 0 aliphatic carbocycles. The Balaban J connectivity index is 1.40. The Kier molecular flexibility index (Phi) is 10.0. The Hall–Kier alpha value is -1.14. The molecule has 0 amide bonds. The van der Waals surface area contributed by atoms with Crippen LogP contribution in [0.4, 0.5) is 0 Å². The zero-order chi connectivity index (χ0) is 24.0. The van der Waals surface area contributed by atoms with E-state index in [4.69, 9.17) is 9.47 Å². The average molecular weight is 471 g/mol. The van der Waals surface area contributed by atoms with E-state index in [2.05, 4.69) is 0 Å². The molecule has 0 spiro atoms. The van der Waals surface area contributed by atoms with E-state index in [0.717, 1.165) is 30.4 Å². The van der Waals surface area contributed by atoms with E-state index in [9.17, 15) is 35.7 Å². The van der Waals surface area contributed by atoms with Crippen molar-refractivity contribution in [1.29, 1.82) is 0 Å². The number of aliphatic hydroxyl groups is 7. The summed E-state index contributed by atoms with van der Waals surface area (Å²) in [4.78, 5) is 0. The minimum Gasteiger partial charge on any atom is -0.394 e. The first-order valence-corrected chi connectivity index (χ1v) is 11.8. The molecule has 1 aromatic carbocycles. The van der Waals surface area contributed by atoms with Gasteiger partial charge in [-0.15, -0.1) is 0 Å². The molecule has 0 radical (unpaired) electrons. The summed E-state index contributed by atoms with van der Waals surface area (Å²) in [5, 5.41) is 68.4. The summed E-state index contributed by atoms with van der Waals surface area (Å²) in [6, 6.07) is 8.18. The highest BCUT2D eigenvalue weighted by Gasteiger charge is 2.42. The number of hydrogen-bond acceptors (Lipinski definition) is 9. The average Bonchev–Trinajstić information content (AvgIpc) is 2.82. The first-order chi connectivity index (χ1) is 15.8. The summed E-state index contributed by atoms with van der Waals surface area (Å²) in [5.41, 5.74) is 2.28. The largest absolute Gasteiger partial charge is 0.394 e. The van der Waals surface area contributed by atoms with Gasteiger partial charge >= 0.3 is 0 Å². The molecular weight excluding hydrogens is 432 g/mol. The van der Waals surface area contributed by atoms with Crippen molar-refractivity contribution in [2.75, 3.05) is 13.2 Å².